The molecule has 0 heterocycles. The molecule has 0 aliphatic heterocycles. The molecule has 0 radical (unpaired) electrons. The van der Waals surface area contributed by atoms with Crippen molar-refractivity contribution < 1.29 is 4.79 Å². The molecule has 1 aliphatic rings. The van der Waals surface area contributed by atoms with Gasteiger partial charge in [-0.1, -0.05) is 28.1 Å². The van der Waals surface area contributed by atoms with Gasteiger partial charge in [0.05, 0.1) is 5.41 Å². The quantitative estimate of drug-likeness (QED) is 0.885. The highest BCUT2D eigenvalue weighted by molar-refractivity contribution is 9.10. The van der Waals surface area contributed by atoms with Crippen LogP contribution in [-0.4, -0.2) is 12.5 Å². The number of halogens is 1. The Morgan fingerprint density at radius 1 is 1.38 bits per heavy atom. The molecule has 16 heavy (non-hydrogen) atoms. The maximum absolute atomic E-state index is 11.8. The van der Waals surface area contributed by atoms with Crippen molar-refractivity contribution in [3.63, 3.8) is 0 Å². The lowest BCUT2D eigenvalue weighted by molar-refractivity contribution is -0.126. The summed E-state index contributed by atoms with van der Waals surface area (Å²) < 4.78 is 1.04. The fourth-order valence-electron chi connectivity index (χ4n) is 1.65. The van der Waals surface area contributed by atoms with E-state index in [1.807, 2.05) is 24.3 Å². The third-order valence-corrected chi connectivity index (χ3v) is 3.62. The van der Waals surface area contributed by atoms with E-state index in [-0.39, 0.29) is 11.3 Å². The molecule has 3 nitrogen and oxygen atoms in total. The average Bonchev–Trinajstić information content (AvgIpc) is 3.09. The molecule has 0 atom stereocenters. The van der Waals surface area contributed by atoms with Crippen LogP contribution in [0.1, 0.15) is 18.4 Å². The van der Waals surface area contributed by atoms with Gasteiger partial charge in [0.1, 0.15) is 0 Å². The van der Waals surface area contributed by atoms with Crippen LogP contribution in [0.15, 0.2) is 28.7 Å². The van der Waals surface area contributed by atoms with Crippen molar-refractivity contribution in [2.75, 3.05) is 6.54 Å². The van der Waals surface area contributed by atoms with E-state index in [4.69, 9.17) is 5.73 Å². The molecule has 1 aromatic carbocycles. The first-order valence-corrected chi connectivity index (χ1v) is 6.18. The van der Waals surface area contributed by atoms with Crippen molar-refractivity contribution >= 4 is 21.8 Å². The molecule has 0 bridgehead atoms. The molecule has 1 aromatic rings. The Balaban J connectivity index is 1.88. The zero-order valence-corrected chi connectivity index (χ0v) is 10.6. The van der Waals surface area contributed by atoms with E-state index < -0.39 is 0 Å². The van der Waals surface area contributed by atoms with E-state index in [0.717, 1.165) is 22.9 Å². The standard InChI is InChI=1S/C12H15BrN2O/c13-10-3-1-9(2-4-10)7-15-11(16)12(8-14)5-6-12/h1-4H,5-8,14H2,(H,15,16). The third kappa shape index (κ3) is 2.44. The number of amides is 1. The first-order valence-electron chi connectivity index (χ1n) is 5.39. The molecule has 0 unspecified atom stereocenters. The lowest BCUT2D eigenvalue weighted by Gasteiger charge is -2.12. The molecular formula is C12H15BrN2O. The number of hydrogen-bond acceptors (Lipinski definition) is 2. The Hall–Kier alpha value is -0.870. The van der Waals surface area contributed by atoms with Crippen LogP contribution in [0.5, 0.6) is 0 Å². The van der Waals surface area contributed by atoms with Crippen LogP contribution in [0.4, 0.5) is 0 Å². The first kappa shape index (κ1) is 11.6. The summed E-state index contributed by atoms with van der Waals surface area (Å²) >= 11 is 3.37. The molecule has 3 N–H and O–H groups in total. The lowest BCUT2D eigenvalue weighted by atomic mass is 10.1. The Labute approximate surface area is 104 Å². The Kier molecular flexibility index (Phi) is 3.30. The van der Waals surface area contributed by atoms with Crippen molar-refractivity contribution in [3.05, 3.63) is 34.3 Å². The fourth-order valence-corrected chi connectivity index (χ4v) is 1.91. The summed E-state index contributed by atoms with van der Waals surface area (Å²) in [5.41, 5.74) is 6.44. The number of rotatable bonds is 4. The van der Waals surface area contributed by atoms with E-state index >= 15 is 0 Å². The van der Waals surface area contributed by atoms with E-state index in [1.165, 1.54) is 0 Å². The number of benzene rings is 1. The van der Waals surface area contributed by atoms with Crippen LogP contribution >= 0.6 is 15.9 Å². The Bertz CT molecular complexity index is 385. The molecule has 1 aliphatic carbocycles. The van der Waals surface area contributed by atoms with Crippen molar-refractivity contribution in [3.8, 4) is 0 Å². The van der Waals surface area contributed by atoms with Gasteiger partial charge in [-0.05, 0) is 30.5 Å². The van der Waals surface area contributed by atoms with Crippen molar-refractivity contribution in [2.24, 2.45) is 11.1 Å². The van der Waals surface area contributed by atoms with Gasteiger partial charge in [0.15, 0.2) is 0 Å². The fraction of sp³-hybridized carbons (Fsp3) is 0.417. The molecule has 4 heteroatoms. The molecule has 86 valence electrons. The maximum Gasteiger partial charge on any atom is 0.227 e. The average molecular weight is 283 g/mol. The zero-order chi connectivity index (χ0) is 11.6. The van der Waals surface area contributed by atoms with Crippen LogP contribution in [0.2, 0.25) is 0 Å². The largest absolute Gasteiger partial charge is 0.352 e. The first-order chi connectivity index (χ1) is 7.66. The highest BCUT2D eigenvalue weighted by atomic mass is 79.9. The van der Waals surface area contributed by atoms with Gasteiger partial charge >= 0.3 is 0 Å². The van der Waals surface area contributed by atoms with Crippen molar-refractivity contribution in [2.45, 2.75) is 19.4 Å². The Morgan fingerprint density at radius 2 is 2.00 bits per heavy atom. The molecule has 1 fully saturated rings. The van der Waals surface area contributed by atoms with E-state index in [0.29, 0.717) is 13.1 Å². The Morgan fingerprint density at radius 3 is 2.50 bits per heavy atom. The SMILES string of the molecule is NCC1(C(=O)NCc2ccc(Br)cc2)CC1. The molecule has 1 saturated carbocycles. The van der Waals surface area contributed by atoms with Gasteiger partial charge in [0, 0.05) is 17.6 Å². The van der Waals surface area contributed by atoms with Gasteiger partial charge in [0.2, 0.25) is 5.91 Å². The smallest absolute Gasteiger partial charge is 0.227 e. The molecule has 0 aromatic heterocycles. The summed E-state index contributed by atoms with van der Waals surface area (Å²) in [6, 6.07) is 7.92. The topological polar surface area (TPSA) is 55.1 Å². The summed E-state index contributed by atoms with van der Waals surface area (Å²) in [5.74, 6) is 0.0953. The number of nitrogens with two attached hydrogens (primary N) is 1. The summed E-state index contributed by atoms with van der Waals surface area (Å²) in [6.07, 6.45) is 1.85. The van der Waals surface area contributed by atoms with Gasteiger partial charge in [-0.2, -0.15) is 0 Å². The molecule has 2 rings (SSSR count). The van der Waals surface area contributed by atoms with Crippen LogP contribution in [0, 0.1) is 5.41 Å². The van der Waals surface area contributed by atoms with E-state index in [9.17, 15) is 4.79 Å². The van der Waals surface area contributed by atoms with Crippen molar-refractivity contribution in [1.29, 1.82) is 0 Å². The summed E-state index contributed by atoms with van der Waals surface area (Å²) in [6.45, 7) is 1.03. The second-order valence-electron chi connectivity index (χ2n) is 4.29. The van der Waals surface area contributed by atoms with Gasteiger partial charge in [-0.25, -0.2) is 0 Å². The van der Waals surface area contributed by atoms with Crippen LogP contribution in [0.25, 0.3) is 0 Å². The lowest BCUT2D eigenvalue weighted by Crippen LogP contribution is -2.36. The minimum absolute atomic E-state index is 0.0953. The van der Waals surface area contributed by atoms with E-state index in [2.05, 4.69) is 21.2 Å². The zero-order valence-electron chi connectivity index (χ0n) is 9.00. The van der Waals surface area contributed by atoms with Gasteiger partial charge in [0.25, 0.3) is 0 Å². The summed E-state index contributed by atoms with van der Waals surface area (Å²) in [7, 11) is 0. The predicted molar refractivity (Wildman–Crippen MR) is 66.7 cm³/mol. The minimum atomic E-state index is -0.255. The van der Waals surface area contributed by atoms with Crippen molar-refractivity contribution in [1.82, 2.24) is 5.32 Å². The molecule has 0 spiro atoms. The van der Waals surface area contributed by atoms with E-state index in [1.54, 1.807) is 0 Å². The van der Waals surface area contributed by atoms with Crippen LogP contribution in [-0.2, 0) is 11.3 Å². The second kappa shape index (κ2) is 4.55. The number of carbonyl (C=O) groups excluding carboxylic acids is 1. The van der Waals surface area contributed by atoms with Gasteiger partial charge < -0.3 is 11.1 Å². The normalized spacial score (nSPS) is 16.9. The summed E-state index contributed by atoms with van der Waals surface area (Å²) in [4.78, 5) is 11.8. The number of carbonyl (C=O) groups is 1. The predicted octanol–water partition coefficient (Wildman–Crippen LogP) is 1.80. The molecule has 0 saturated heterocycles. The molecular weight excluding hydrogens is 268 g/mol. The minimum Gasteiger partial charge on any atom is -0.352 e. The third-order valence-electron chi connectivity index (χ3n) is 3.09. The van der Waals surface area contributed by atoms with Gasteiger partial charge in [-0.3, -0.25) is 4.79 Å². The number of nitrogens with one attached hydrogen (secondary N) is 1. The number of hydrogen-bond donors (Lipinski definition) is 2. The van der Waals surface area contributed by atoms with Crippen LogP contribution < -0.4 is 11.1 Å². The van der Waals surface area contributed by atoms with Gasteiger partial charge in [-0.15, -0.1) is 0 Å². The highest BCUT2D eigenvalue weighted by Crippen LogP contribution is 2.44. The monoisotopic (exact) mass is 282 g/mol. The van der Waals surface area contributed by atoms with Crippen LogP contribution in [0.3, 0.4) is 0 Å². The molecule has 1 amide bonds. The maximum atomic E-state index is 11.8. The highest BCUT2D eigenvalue weighted by Gasteiger charge is 2.48. The second-order valence-corrected chi connectivity index (χ2v) is 5.21. The summed E-state index contributed by atoms with van der Waals surface area (Å²) in [5, 5.41) is 2.94.